The van der Waals surface area contributed by atoms with Gasteiger partial charge >= 0.3 is 5.97 Å². The van der Waals surface area contributed by atoms with Crippen molar-refractivity contribution in [2.75, 3.05) is 13.2 Å². The van der Waals surface area contributed by atoms with E-state index in [-0.39, 0.29) is 17.5 Å². The molecule has 8 atom stereocenters. The van der Waals surface area contributed by atoms with Crippen molar-refractivity contribution in [2.24, 2.45) is 46.3 Å². The van der Waals surface area contributed by atoms with Crippen LogP contribution in [0.25, 0.3) is 0 Å². The molecule has 4 aliphatic carbocycles. The predicted octanol–water partition coefficient (Wildman–Crippen LogP) is 13.2. The van der Waals surface area contributed by atoms with Crippen molar-refractivity contribution in [1.29, 1.82) is 0 Å². The number of benzene rings is 1. The van der Waals surface area contributed by atoms with Crippen LogP contribution in [0.4, 0.5) is 0 Å². The lowest BCUT2D eigenvalue weighted by molar-refractivity contribution is -0.0594. The van der Waals surface area contributed by atoms with Crippen molar-refractivity contribution < 1.29 is 19.0 Å². The number of rotatable bonds is 19. The van der Waals surface area contributed by atoms with Crippen molar-refractivity contribution in [2.45, 2.75) is 177 Å². The molecule has 5 rings (SSSR count). The Hall–Kier alpha value is -1.97. The van der Waals surface area contributed by atoms with E-state index in [0.29, 0.717) is 29.9 Å². The van der Waals surface area contributed by atoms with Gasteiger partial charge < -0.3 is 14.2 Å². The topological polar surface area (TPSA) is 44.8 Å². The Morgan fingerprint density at radius 1 is 0.800 bits per heavy atom. The summed E-state index contributed by atoms with van der Waals surface area (Å²) in [6, 6.07) is 5.64. The summed E-state index contributed by atoms with van der Waals surface area (Å²) in [5.41, 5.74) is 2.91. The molecule has 0 saturated heterocycles. The van der Waals surface area contributed by atoms with Gasteiger partial charge in [0.1, 0.15) is 6.10 Å². The van der Waals surface area contributed by atoms with E-state index in [9.17, 15) is 4.79 Å². The van der Waals surface area contributed by atoms with Gasteiger partial charge in [0, 0.05) is 6.42 Å². The SMILES string of the molecule is CCCCCCOc1ccc(C(=O)OC2CC[C@@]3(C)C(=CC[C@H]4[C@@H]5CC[C@H]([C@H](C)CCCC(C)C)[C@@]5(C)CC[C@@H]43)C2)cc1OCCCCCC. The highest BCUT2D eigenvalue weighted by Gasteiger charge is 2.59. The lowest BCUT2D eigenvalue weighted by Gasteiger charge is -2.58. The molecule has 0 amide bonds. The normalized spacial score (nSPS) is 31.0. The van der Waals surface area contributed by atoms with Crippen LogP contribution in [0.5, 0.6) is 11.5 Å². The van der Waals surface area contributed by atoms with Gasteiger partial charge in [0.05, 0.1) is 18.8 Å². The predicted molar refractivity (Wildman–Crippen MR) is 208 cm³/mol. The molecule has 282 valence electrons. The maximum atomic E-state index is 13.6. The first kappa shape index (κ1) is 39.2. The number of carbonyl (C=O) groups is 1. The number of allylic oxidation sites excluding steroid dienone is 1. The number of carbonyl (C=O) groups excluding carboxylic acids is 1. The van der Waals surface area contributed by atoms with Crippen molar-refractivity contribution in [1.82, 2.24) is 0 Å². The fourth-order valence-electron chi connectivity index (χ4n) is 11.3. The van der Waals surface area contributed by atoms with Gasteiger partial charge in [-0.05, 0) is 122 Å². The van der Waals surface area contributed by atoms with Crippen molar-refractivity contribution in [3.63, 3.8) is 0 Å². The number of ether oxygens (including phenoxy) is 3. The zero-order valence-corrected chi connectivity index (χ0v) is 33.3. The van der Waals surface area contributed by atoms with Crippen molar-refractivity contribution >= 4 is 5.97 Å². The molecule has 3 fully saturated rings. The molecule has 1 aromatic rings. The second-order valence-electron chi connectivity index (χ2n) is 18.0. The summed E-state index contributed by atoms with van der Waals surface area (Å²) in [6.07, 6.45) is 25.8. The molecule has 0 N–H and O–H groups in total. The first-order valence-corrected chi connectivity index (χ1v) is 21.4. The molecule has 0 radical (unpaired) electrons. The Kier molecular flexibility index (Phi) is 14.3. The van der Waals surface area contributed by atoms with Gasteiger partial charge in [-0.15, -0.1) is 0 Å². The molecule has 0 aliphatic heterocycles. The summed E-state index contributed by atoms with van der Waals surface area (Å²) >= 11 is 0. The maximum absolute atomic E-state index is 13.6. The van der Waals surface area contributed by atoms with Gasteiger partial charge in [-0.2, -0.15) is 0 Å². The summed E-state index contributed by atoms with van der Waals surface area (Å²) in [4.78, 5) is 13.6. The molecule has 3 saturated carbocycles. The Bertz CT molecular complexity index is 1250. The Morgan fingerprint density at radius 2 is 1.52 bits per heavy atom. The van der Waals surface area contributed by atoms with E-state index >= 15 is 0 Å². The molecule has 4 aliphatic rings. The van der Waals surface area contributed by atoms with Gasteiger partial charge in [0.25, 0.3) is 0 Å². The Balaban J connectivity index is 1.20. The molecule has 0 aromatic heterocycles. The third kappa shape index (κ3) is 9.14. The number of hydrogen-bond acceptors (Lipinski definition) is 4. The molecule has 50 heavy (non-hydrogen) atoms. The molecular weight excluding hydrogens is 617 g/mol. The standard InChI is InChI=1S/C46H74O4/c1-8-10-12-14-29-48-42-24-19-35(31-43(42)49-30-15-13-11-9-2)44(47)50-37-25-27-45(6)36(32-37)20-21-38-40-23-22-39(34(5)18-16-17-33(3)4)46(40,7)28-26-41(38)45/h19-20,24,31,33-34,37-41H,8-18,21-23,25-30,32H2,1-7H3/t34-,37?,38+,39-,40+,41+,45+,46-/m1/s1. The van der Waals surface area contributed by atoms with Crippen LogP contribution in [-0.4, -0.2) is 25.3 Å². The summed E-state index contributed by atoms with van der Waals surface area (Å²) < 4.78 is 18.6. The first-order chi connectivity index (χ1) is 24.1. The van der Waals surface area contributed by atoms with Crippen LogP contribution in [-0.2, 0) is 4.74 Å². The molecule has 4 heteroatoms. The zero-order valence-electron chi connectivity index (χ0n) is 33.3. The Morgan fingerprint density at radius 3 is 2.22 bits per heavy atom. The van der Waals surface area contributed by atoms with Gasteiger partial charge in [0.15, 0.2) is 11.5 Å². The minimum atomic E-state index is -0.230. The van der Waals surface area contributed by atoms with Crippen LogP contribution in [0.3, 0.4) is 0 Å². The molecule has 0 spiro atoms. The first-order valence-electron chi connectivity index (χ1n) is 21.4. The average molecular weight is 691 g/mol. The molecule has 4 nitrogen and oxygen atoms in total. The molecular formula is C46H74O4. The highest BCUT2D eigenvalue weighted by Crippen LogP contribution is 2.67. The second-order valence-corrected chi connectivity index (χ2v) is 18.0. The van der Waals surface area contributed by atoms with E-state index in [1.165, 1.54) is 83.5 Å². The molecule has 0 heterocycles. The van der Waals surface area contributed by atoms with Gasteiger partial charge in [-0.25, -0.2) is 4.79 Å². The molecule has 0 bridgehead atoms. The third-order valence-corrected chi connectivity index (χ3v) is 14.2. The van der Waals surface area contributed by atoms with Gasteiger partial charge in [-0.3, -0.25) is 0 Å². The number of hydrogen-bond donors (Lipinski definition) is 0. The smallest absolute Gasteiger partial charge is 0.338 e. The van der Waals surface area contributed by atoms with E-state index < -0.39 is 0 Å². The lowest BCUT2D eigenvalue weighted by Crippen LogP contribution is -2.51. The Labute approximate surface area is 307 Å². The fourth-order valence-corrected chi connectivity index (χ4v) is 11.3. The fraction of sp³-hybridized carbons (Fsp3) is 0.804. The minimum Gasteiger partial charge on any atom is -0.490 e. The monoisotopic (exact) mass is 691 g/mol. The van der Waals surface area contributed by atoms with Crippen molar-refractivity contribution in [3.8, 4) is 11.5 Å². The van der Waals surface area contributed by atoms with Crippen molar-refractivity contribution in [3.05, 3.63) is 35.4 Å². The van der Waals surface area contributed by atoms with E-state index in [4.69, 9.17) is 14.2 Å². The second kappa shape index (κ2) is 18.2. The summed E-state index contributed by atoms with van der Waals surface area (Å²) in [5, 5.41) is 0. The quantitative estimate of drug-likeness (QED) is 0.0823. The summed E-state index contributed by atoms with van der Waals surface area (Å²) in [5.74, 6) is 6.22. The minimum absolute atomic E-state index is 0.0531. The molecule has 1 unspecified atom stereocenters. The van der Waals surface area contributed by atoms with Crippen LogP contribution >= 0.6 is 0 Å². The summed E-state index contributed by atoms with van der Waals surface area (Å²) in [7, 11) is 0. The van der Waals surface area contributed by atoms with Gasteiger partial charge in [-0.1, -0.05) is 118 Å². The number of unbranched alkanes of at least 4 members (excludes halogenated alkanes) is 6. The van der Waals surface area contributed by atoms with Crippen LogP contribution in [0.1, 0.15) is 181 Å². The largest absolute Gasteiger partial charge is 0.490 e. The van der Waals surface area contributed by atoms with Crippen LogP contribution in [0, 0.1) is 46.3 Å². The third-order valence-electron chi connectivity index (χ3n) is 14.2. The van der Waals surface area contributed by atoms with E-state index in [1.807, 2.05) is 18.2 Å². The zero-order chi connectivity index (χ0) is 35.7. The maximum Gasteiger partial charge on any atom is 0.338 e. The van der Waals surface area contributed by atoms with Crippen LogP contribution in [0.15, 0.2) is 29.8 Å². The molecule has 1 aromatic carbocycles. The summed E-state index contributed by atoms with van der Waals surface area (Å²) in [6.45, 7) is 18.3. The van der Waals surface area contributed by atoms with Gasteiger partial charge in [0.2, 0.25) is 0 Å². The van der Waals surface area contributed by atoms with E-state index in [2.05, 4.69) is 54.5 Å². The van der Waals surface area contributed by atoms with E-state index in [1.54, 1.807) is 5.57 Å². The lowest BCUT2D eigenvalue weighted by atomic mass is 9.47. The van der Waals surface area contributed by atoms with Crippen LogP contribution < -0.4 is 9.47 Å². The number of esters is 1. The number of fused-ring (bicyclic) bond motifs is 5. The highest BCUT2D eigenvalue weighted by molar-refractivity contribution is 5.90. The van der Waals surface area contributed by atoms with E-state index in [0.717, 1.165) is 79.8 Å². The average Bonchev–Trinajstić information content (AvgIpc) is 3.45. The van der Waals surface area contributed by atoms with Crippen LogP contribution in [0.2, 0.25) is 0 Å². The highest BCUT2D eigenvalue weighted by atomic mass is 16.5.